The summed E-state index contributed by atoms with van der Waals surface area (Å²) in [6.07, 6.45) is 3.69. The number of nitrogens with zero attached hydrogens (tertiary/aromatic N) is 2. The first-order valence-electron chi connectivity index (χ1n) is 10.4. The highest BCUT2D eigenvalue weighted by atomic mass is 35.5. The molecule has 5 nitrogen and oxygen atoms in total. The summed E-state index contributed by atoms with van der Waals surface area (Å²) in [4.78, 5) is 17.8. The maximum absolute atomic E-state index is 11.3. The molecule has 0 aliphatic heterocycles. The van der Waals surface area contributed by atoms with Crippen LogP contribution >= 0.6 is 11.6 Å². The number of likely N-dealkylation sites (N-methyl/N-ethyl adjacent to an activating group) is 1. The Morgan fingerprint density at radius 3 is 3.04 bits per heavy atom. The number of pyridine rings is 1. The van der Waals surface area contributed by atoms with Crippen LogP contribution in [-0.2, 0) is 9.53 Å². The third-order valence-electron chi connectivity index (χ3n) is 4.31. The number of fused-ring (bicyclic) bond motifs is 1. The van der Waals surface area contributed by atoms with Crippen molar-refractivity contribution in [1.29, 1.82) is 0 Å². The van der Waals surface area contributed by atoms with Crippen molar-refractivity contribution < 1.29 is 13.6 Å². The van der Waals surface area contributed by atoms with Gasteiger partial charge in [0.25, 0.3) is 0 Å². The zero-order valence-corrected chi connectivity index (χ0v) is 16.1. The van der Waals surface area contributed by atoms with E-state index in [9.17, 15) is 4.79 Å². The first-order chi connectivity index (χ1) is 13.7. The normalized spacial score (nSPS) is 14.5. The minimum absolute atomic E-state index is 0.0877. The Morgan fingerprint density at radius 2 is 2.27 bits per heavy atom. The molecule has 0 amide bonds. The number of nitrogens with one attached hydrogen (secondary N) is 1. The molecule has 142 valence electrons. The molecule has 26 heavy (non-hydrogen) atoms. The minimum Gasteiger partial charge on any atom is -0.465 e. The highest BCUT2D eigenvalue weighted by molar-refractivity contribution is 6.31. The maximum Gasteiger partial charge on any atom is 0.302 e. The summed E-state index contributed by atoms with van der Waals surface area (Å²) in [5, 5.41) is 5.24. The van der Waals surface area contributed by atoms with Crippen molar-refractivity contribution in [2.45, 2.75) is 39.6 Å². The lowest BCUT2D eigenvalue weighted by atomic mass is 10.1. The summed E-state index contributed by atoms with van der Waals surface area (Å²) >= 11 is 6.04. The fraction of sp³-hybridized carbons (Fsp3) is 0.500. The Kier molecular flexibility index (Phi) is 6.49. The molecule has 1 aromatic carbocycles. The van der Waals surface area contributed by atoms with Crippen molar-refractivity contribution in [1.82, 2.24) is 9.88 Å². The molecule has 2 rings (SSSR count). The fourth-order valence-electron chi connectivity index (χ4n) is 2.90. The van der Waals surface area contributed by atoms with Gasteiger partial charge in [-0.05, 0) is 57.1 Å². The largest absolute Gasteiger partial charge is 0.465 e. The van der Waals surface area contributed by atoms with Gasteiger partial charge in [-0.15, -0.1) is 0 Å². The first kappa shape index (κ1) is 16.3. The van der Waals surface area contributed by atoms with Crippen molar-refractivity contribution in [3.63, 3.8) is 0 Å². The smallest absolute Gasteiger partial charge is 0.302 e. The topological polar surface area (TPSA) is 54.5 Å². The van der Waals surface area contributed by atoms with Gasteiger partial charge >= 0.3 is 5.97 Å². The average Bonchev–Trinajstić information content (AvgIpc) is 2.65. The van der Waals surface area contributed by atoms with Crippen LogP contribution in [0.2, 0.25) is 5.02 Å². The molecule has 0 spiro atoms. The van der Waals surface area contributed by atoms with Gasteiger partial charge < -0.3 is 15.0 Å². The third-order valence-corrected chi connectivity index (χ3v) is 4.54. The SMILES string of the molecule is [2H]C([2H])([2H])C(=O)OCCN(CC)CCCC(C)Nc1ccnc2cc(Cl)ccc12. The molecular weight excluding hydrogens is 350 g/mol. The Balaban J connectivity index is 1.77. The molecule has 0 saturated carbocycles. The molecule has 0 aliphatic rings. The van der Waals surface area contributed by atoms with Gasteiger partial charge in [-0.2, -0.15) is 0 Å². The summed E-state index contributed by atoms with van der Waals surface area (Å²) < 4.78 is 25.8. The number of ether oxygens (including phenoxy) is 1. The second-order valence-corrected chi connectivity index (χ2v) is 6.71. The minimum atomic E-state index is -2.69. The van der Waals surface area contributed by atoms with Crippen molar-refractivity contribution in [3.05, 3.63) is 35.5 Å². The van der Waals surface area contributed by atoms with E-state index in [1.165, 1.54) is 0 Å². The van der Waals surface area contributed by atoms with Gasteiger partial charge in [0, 0.05) is 45.8 Å². The maximum atomic E-state index is 11.3. The molecule has 1 unspecified atom stereocenters. The zero-order valence-electron chi connectivity index (χ0n) is 18.3. The molecule has 1 aromatic heterocycles. The number of hydrogen-bond acceptors (Lipinski definition) is 5. The summed E-state index contributed by atoms with van der Waals surface area (Å²) in [7, 11) is 0. The van der Waals surface area contributed by atoms with Crippen molar-refractivity contribution in [3.8, 4) is 0 Å². The highest BCUT2D eigenvalue weighted by Crippen LogP contribution is 2.25. The van der Waals surface area contributed by atoms with Crippen LogP contribution in [0.25, 0.3) is 10.9 Å². The molecule has 0 saturated heterocycles. The molecule has 1 heterocycles. The van der Waals surface area contributed by atoms with E-state index >= 15 is 0 Å². The standard InChI is InChI=1S/C20H28ClN3O2/c1-4-24(12-13-26-16(3)25)11-5-6-15(2)23-19-9-10-22-20-14-17(21)7-8-18(19)20/h7-10,14-15H,4-6,11-13H2,1-3H3,(H,22,23)/i3D3. The second-order valence-electron chi connectivity index (χ2n) is 6.28. The Morgan fingerprint density at radius 1 is 1.42 bits per heavy atom. The van der Waals surface area contributed by atoms with Gasteiger partial charge in [0.1, 0.15) is 6.61 Å². The number of carbonyl (C=O) groups excluding carboxylic acids is 1. The summed E-state index contributed by atoms with van der Waals surface area (Å²) in [5.41, 5.74) is 1.89. The second kappa shape index (κ2) is 10.3. The van der Waals surface area contributed by atoms with Gasteiger partial charge in [-0.1, -0.05) is 18.5 Å². The lowest BCUT2D eigenvalue weighted by molar-refractivity contribution is -0.141. The number of anilines is 1. The molecule has 1 atom stereocenters. The number of halogens is 1. The van der Waals surface area contributed by atoms with Gasteiger partial charge in [0.05, 0.1) is 5.52 Å². The Labute approximate surface area is 164 Å². The van der Waals surface area contributed by atoms with E-state index in [2.05, 4.69) is 22.1 Å². The zero-order chi connectivity index (χ0) is 21.4. The van der Waals surface area contributed by atoms with Crippen LogP contribution in [0.5, 0.6) is 0 Å². The van der Waals surface area contributed by atoms with E-state index < -0.39 is 12.8 Å². The van der Waals surface area contributed by atoms with E-state index in [-0.39, 0.29) is 12.6 Å². The van der Waals surface area contributed by atoms with Crippen molar-refractivity contribution in [2.75, 3.05) is 31.6 Å². The van der Waals surface area contributed by atoms with Crippen LogP contribution in [0.15, 0.2) is 30.5 Å². The van der Waals surface area contributed by atoms with Crippen LogP contribution in [0.4, 0.5) is 5.69 Å². The van der Waals surface area contributed by atoms with Crippen LogP contribution in [0, 0.1) is 0 Å². The Hall–Kier alpha value is -1.85. The number of rotatable bonds is 10. The van der Waals surface area contributed by atoms with Crippen molar-refractivity contribution in [2.24, 2.45) is 0 Å². The monoisotopic (exact) mass is 380 g/mol. The van der Waals surface area contributed by atoms with Crippen LogP contribution in [0.3, 0.4) is 0 Å². The van der Waals surface area contributed by atoms with Crippen LogP contribution < -0.4 is 5.32 Å². The summed E-state index contributed by atoms with van der Waals surface area (Å²) in [5.74, 6) is -1.14. The number of esters is 1. The molecule has 0 aliphatic carbocycles. The average molecular weight is 381 g/mol. The molecule has 0 fully saturated rings. The molecular formula is C20H28ClN3O2. The van der Waals surface area contributed by atoms with Gasteiger partial charge in [0.15, 0.2) is 0 Å². The summed E-state index contributed by atoms with van der Waals surface area (Å²) in [6, 6.07) is 7.91. The first-order valence-corrected chi connectivity index (χ1v) is 9.29. The van der Waals surface area contributed by atoms with Crippen molar-refractivity contribution >= 4 is 34.2 Å². The molecule has 0 bridgehead atoms. The molecule has 2 aromatic rings. The highest BCUT2D eigenvalue weighted by Gasteiger charge is 2.08. The van der Waals surface area contributed by atoms with Crippen LogP contribution in [-0.4, -0.2) is 48.1 Å². The van der Waals surface area contributed by atoms with Gasteiger partial charge in [0.2, 0.25) is 0 Å². The lowest BCUT2D eigenvalue weighted by Gasteiger charge is -2.22. The number of benzene rings is 1. The number of carbonyl (C=O) groups is 1. The Bertz CT molecular complexity index is 817. The summed E-state index contributed by atoms with van der Waals surface area (Å²) in [6.45, 7) is 3.74. The van der Waals surface area contributed by atoms with Gasteiger partial charge in [-0.3, -0.25) is 9.78 Å². The predicted octanol–water partition coefficient (Wildman–Crippen LogP) is 4.35. The van der Waals surface area contributed by atoms with Crippen LogP contribution in [0.1, 0.15) is 37.7 Å². The predicted molar refractivity (Wildman–Crippen MR) is 108 cm³/mol. The molecule has 1 N–H and O–H groups in total. The number of aromatic nitrogens is 1. The van der Waals surface area contributed by atoms with E-state index in [0.29, 0.717) is 11.6 Å². The molecule has 6 heteroatoms. The van der Waals surface area contributed by atoms with E-state index in [4.69, 9.17) is 20.5 Å². The third kappa shape index (κ3) is 6.46. The van der Waals surface area contributed by atoms with E-state index in [1.807, 2.05) is 31.2 Å². The van der Waals surface area contributed by atoms with Gasteiger partial charge in [-0.25, -0.2) is 0 Å². The quantitative estimate of drug-likeness (QED) is 0.621. The molecule has 0 radical (unpaired) electrons. The number of hydrogen-bond donors (Lipinski definition) is 1. The fourth-order valence-corrected chi connectivity index (χ4v) is 3.07. The van der Waals surface area contributed by atoms with E-state index in [1.54, 1.807) is 6.20 Å². The lowest BCUT2D eigenvalue weighted by Crippen LogP contribution is -2.30. The van der Waals surface area contributed by atoms with E-state index in [0.717, 1.165) is 42.5 Å².